The van der Waals surface area contributed by atoms with Gasteiger partial charge >= 0.3 is 29.6 Å². The number of fused-ring (bicyclic) bond motifs is 1. The van der Waals surface area contributed by atoms with Crippen LogP contribution in [0.2, 0.25) is 0 Å². The third-order valence-corrected chi connectivity index (χ3v) is 1.48. The number of aromatic nitrogens is 4. The van der Waals surface area contributed by atoms with Crippen LogP contribution in [-0.2, 0) is 0 Å². The Morgan fingerprint density at radius 1 is 1.46 bits per heavy atom. The van der Waals surface area contributed by atoms with E-state index in [2.05, 4.69) is 15.1 Å². The minimum Gasteiger partial charge on any atom is -0.858 e. The third-order valence-electron chi connectivity index (χ3n) is 1.48. The Labute approximate surface area is 96.1 Å². The van der Waals surface area contributed by atoms with Crippen molar-refractivity contribution in [2.75, 3.05) is 5.73 Å². The fourth-order valence-electron chi connectivity index (χ4n) is 0.912. The number of aryl methyl sites for hydroxylation is 1. The quantitative estimate of drug-likeness (QED) is 0.425. The molecule has 2 aromatic heterocycles. The Hall–Kier alpha value is -0.850. The second-order valence-corrected chi connectivity index (χ2v) is 2.44. The van der Waals surface area contributed by atoms with Crippen molar-refractivity contribution < 1.29 is 34.7 Å². The number of nitrogens with zero attached hydrogens (tertiary/aromatic N) is 4. The standard InChI is InChI=1S/C6H7N5O.Na/c1-3-2-11-6(8-4(3)12)9-5(7)10-11;/h2H,1H3,(H3,7,8,9,10,12);/q;+1/p-1. The van der Waals surface area contributed by atoms with Gasteiger partial charge in [-0.1, -0.05) is 0 Å². The first-order chi connectivity index (χ1) is 5.66. The Kier molecular flexibility index (Phi) is 2.74. The topological polar surface area (TPSA) is 92.2 Å². The van der Waals surface area contributed by atoms with E-state index < -0.39 is 0 Å². The summed E-state index contributed by atoms with van der Waals surface area (Å²) in [4.78, 5) is 7.38. The summed E-state index contributed by atoms with van der Waals surface area (Å²) in [6.07, 6.45) is 1.55. The van der Waals surface area contributed by atoms with Gasteiger partial charge in [-0.3, -0.25) is 0 Å². The van der Waals surface area contributed by atoms with Crippen LogP contribution in [0.5, 0.6) is 5.88 Å². The Morgan fingerprint density at radius 2 is 2.15 bits per heavy atom. The van der Waals surface area contributed by atoms with Gasteiger partial charge in [0.1, 0.15) is 0 Å². The van der Waals surface area contributed by atoms with Crippen LogP contribution in [0.1, 0.15) is 5.56 Å². The molecule has 0 radical (unpaired) electrons. The monoisotopic (exact) mass is 187 g/mol. The maximum atomic E-state index is 11.0. The molecule has 0 aliphatic carbocycles. The molecule has 0 aromatic carbocycles. The van der Waals surface area contributed by atoms with E-state index in [9.17, 15) is 5.11 Å². The van der Waals surface area contributed by atoms with Gasteiger partial charge in [0.15, 0.2) is 0 Å². The SMILES string of the molecule is Cc1cn2nc(N)nc2nc1[O-].[Na+]. The van der Waals surface area contributed by atoms with E-state index in [-0.39, 0.29) is 47.2 Å². The first-order valence-corrected chi connectivity index (χ1v) is 3.33. The Morgan fingerprint density at radius 3 is 2.85 bits per heavy atom. The van der Waals surface area contributed by atoms with E-state index in [0.717, 1.165) is 0 Å². The molecular formula is C6H6N5NaO. The van der Waals surface area contributed by atoms with Crippen molar-refractivity contribution in [2.45, 2.75) is 6.92 Å². The predicted molar refractivity (Wildman–Crippen MR) is 39.4 cm³/mol. The van der Waals surface area contributed by atoms with Crippen LogP contribution in [0.4, 0.5) is 5.95 Å². The molecule has 2 N–H and O–H groups in total. The average molecular weight is 187 g/mol. The largest absolute Gasteiger partial charge is 1.00 e. The molecule has 0 aliphatic rings. The van der Waals surface area contributed by atoms with E-state index in [4.69, 9.17) is 5.73 Å². The molecule has 62 valence electrons. The Bertz CT molecular complexity index is 401. The van der Waals surface area contributed by atoms with Gasteiger partial charge < -0.3 is 10.8 Å². The number of rotatable bonds is 0. The summed E-state index contributed by atoms with van der Waals surface area (Å²) < 4.78 is 1.38. The second kappa shape index (κ2) is 3.49. The number of hydrogen-bond donors (Lipinski definition) is 1. The van der Waals surface area contributed by atoms with Crippen LogP contribution in [0.15, 0.2) is 6.20 Å². The van der Waals surface area contributed by atoms with Crippen LogP contribution >= 0.6 is 0 Å². The molecule has 0 saturated heterocycles. The van der Waals surface area contributed by atoms with Crippen molar-refractivity contribution in [1.29, 1.82) is 0 Å². The fraction of sp³-hybridized carbons (Fsp3) is 0.167. The minimum absolute atomic E-state index is 0. The van der Waals surface area contributed by atoms with Gasteiger partial charge in [0, 0.05) is 6.20 Å². The van der Waals surface area contributed by atoms with Crippen molar-refractivity contribution in [3.8, 4) is 5.88 Å². The van der Waals surface area contributed by atoms with Gasteiger partial charge in [-0.15, -0.1) is 5.10 Å². The normalized spacial score (nSPS) is 9.92. The van der Waals surface area contributed by atoms with E-state index >= 15 is 0 Å². The summed E-state index contributed by atoms with van der Waals surface area (Å²) in [6.45, 7) is 1.66. The zero-order valence-electron chi connectivity index (χ0n) is 7.35. The van der Waals surface area contributed by atoms with Crippen molar-refractivity contribution in [3.63, 3.8) is 0 Å². The summed E-state index contributed by atoms with van der Waals surface area (Å²) in [5.74, 6) is 0.0606. The van der Waals surface area contributed by atoms with Gasteiger partial charge in [-0.2, -0.15) is 4.98 Å². The van der Waals surface area contributed by atoms with Gasteiger partial charge in [-0.05, 0) is 18.4 Å². The fourth-order valence-corrected chi connectivity index (χ4v) is 0.912. The van der Waals surface area contributed by atoms with Crippen LogP contribution in [0, 0.1) is 6.92 Å². The summed E-state index contributed by atoms with van der Waals surface area (Å²) in [5.41, 5.74) is 5.83. The van der Waals surface area contributed by atoms with Crippen molar-refractivity contribution in [1.82, 2.24) is 19.6 Å². The van der Waals surface area contributed by atoms with Crippen molar-refractivity contribution in [2.24, 2.45) is 0 Å². The molecule has 6 nitrogen and oxygen atoms in total. The number of nitrogens with two attached hydrogens (primary N) is 1. The number of hydrogen-bond acceptors (Lipinski definition) is 5. The molecule has 0 saturated carbocycles. The minimum atomic E-state index is -0.296. The van der Waals surface area contributed by atoms with Gasteiger partial charge in [0.05, 0.1) is 0 Å². The van der Waals surface area contributed by atoms with Gasteiger partial charge in [0.25, 0.3) is 5.78 Å². The third kappa shape index (κ3) is 1.74. The molecule has 0 amide bonds. The molecule has 2 rings (SSSR count). The van der Waals surface area contributed by atoms with Gasteiger partial charge in [0.2, 0.25) is 5.95 Å². The van der Waals surface area contributed by atoms with E-state index in [0.29, 0.717) is 5.56 Å². The summed E-state index contributed by atoms with van der Waals surface area (Å²) in [7, 11) is 0. The molecule has 2 heterocycles. The van der Waals surface area contributed by atoms with E-state index in [1.165, 1.54) is 4.52 Å². The zero-order chi connectivity index (χ0) is 8.72. The molecule has 0 fully saturated rings. The predicted octanol–water partition coefficient (Wildman–Crippen LogP) is -3.91. The first kappa shape index (κ1) is 10.2. The van der Waals surface area contributed by atoms with Crippen molar-refractivity contribution >= 4 is 11.7 Å². The number of anilines is 1. The smallest absolute Gasteiger partial charge is 0.858 e. The molecule has 7 heteroatoms. The first-order valence-electron chi connectivity index (χ1n) is 3.33. The molecule has 13 heavy (non-hydrogen) atoms. The maximum Gasteiger partial charge on any atom is 1.00 e. The van der Waals surface area contributed by atoms with Crippen molar-refractivity contribution in [3.05, 3.63) is 11.8 Å². The average Bonchev–Trinajstić information content (AvgIpc) is 2.30. The second-order valence-electron chi connectivity index (χ2n) is 2.44. The van der Waals surface area contributed by atoms with Crippen LogP contribution < -0.4 is 40.4 Å². The molecule has 0 spiro atoms. The zero-order valence-corrected chi connectivity index (χ0v) is 9.35. The summed E-state index contributed by atoms with van der Waals surface area (Å²) in [6, 6.07) is 0. The molecule has 0 unspecified atom stereocenters. The molecule has 0 atom stereocenters. The van der Waals surface area contributed by atoms with E-state index in [1.54, 1.807) is 13.1 Å². The van der Waals surface area contributed by atoms with Gasteiger partial charge in [-0.25, -0.2) is 9.50 Å². The molecule has 0 aliphatic heterocycles. The van der Waals surface area contributed by atoms with E-state index in [1.807, 2.05) is 0 Å². The number of nitrogen functional groups attached to an aromatic ring is 1. The maximum absolute atomic E-state index is 11.0. The Balaban J connectivity index is 0.000000845. The summed E-state index contributed by atoms with van der Waals surface area (Å²) in [5, 5.41) is 14.8. The summed E-state index contributed by atoms with van der Waals surface area (Å²) >= 11 is 0. The molecule has 0 bridgehead atoms. The van der Waals surface area contributed by atoms with Crippen LogP contribution in [-0.4, -0.2) is 19.6 Å². The molecular weight excluding hydrogens is 181 g/mol. The van der Waals surface area contributed by atoms with Crippen LogP contribution in [0.3, 0.4) is 0 Å². The molecule has 2 aromatic rings. The van der Waals surface area contributed by atoms with Crippen LogP contribution in [0.25, 0.3) is 5.78 Å².